The van der Waals surface area contributed by atoms with E-state index in [0.29, 0.717) is 18.5 Å². The van der Waals surface area contributed by atoms with Crippen molar-refractivity contribution < 1.29 is 14.8 Å². The maximum Gasteiger partial charge on any atom is 0.274 e. The number of carbonyl (C=O) groups excluding carboxylic acids is 2. The fourth-order valence-corrected chi connectivity index (χ4v) is 5.01. The first kappa shape index (κ1) is 18.8. The molecule has 1 aromatic heterocycles. The lowest BCUT2D eigenvalue weighted by Gasteiger charge is -2.33. The lowest BCUT2D eigenvalue weighted by atomic mass is 9.70. The molecular weight excluding hydrogens is 380 g/mol. The molecule has 7 heteroatoms. The third kappa shape index (κ3) is 2.89. The van der Waals surface area contributed by atoms with Gasteiger partial charge in [0.05, 0.1) is 23.0 Å². The summed E-state index contributed by atoms with van der Waals surface area (Å²) in [7, 11) is 2.00. The van der Waals surface area contributed by atoms with Gasteiger partial charge in [-0.2, -0.15) is 0 Å². The monoisotopic (exact) mass is 404 g/mol. The molecule has 30 heavy (non-hydrogen) atoms. The summed E-state index contributed by atoms with van der Waals surface area (Å²) in [5.74, 6) is 0.596. The number of hydrogen-bond donors (Lipinski definition) is 2. The number of para-hydroxylation sites is 2. The summed E-state index contributed by atoms with van der Waals surface area (Å²) in [5.41, 5.74) is 5.98. The average molecular weight is 404 g/mol. The zero-order valence-corrected chi connectivity index (χ0v) is 16.9. The van der Waals surface area contributed by atoms with Crippen molar-refractivity contribution in [1.82, 2.24) is 19.9 Å². The normalized spacial score (nSPS) is 20.7. The predicted molar refractivity (Wildman–Crippen MR) is 111 cm³/mol. The van der Waals surface area contributed by atoms with Crippen LogP contribution in [0.15, 0.2) is 42.5 Å². The van der Waals surface area contributed by atoms with Gasteiger partial charge in [0.2, 0.25) is 5.91 Å². The number of fused-ring (bicyclic) bond motifs is 2. The van der Waals surface area contributed by atoms with Gasteiger partial charge in [0.25, 0.3) is 5.91 Å². The number of aryl methyl sites for hydroxylation is 2. The maximum atomic E-state index is 13.4. The Hall–Kier alpha value is -3.19. The number of hydrogen-bond acceptors (Lipinski definition) is 4. The molecule has 1 fully saturated rings. The molecule has 7 nitrogen and oxygen atoms in total. The second-order valence-electron chi connectivity index (χ2n) is 8.43. The minimum Gasteiger partial charge on any atom is -0.335 e. The Morgan fingerprint density at radius 2 is 2.03 bits per heavy atom. The molecule has 0 bridgehead atoms. The molecule has 2 amide bonds. The van der Waals surface area contributed by atoms with E-state index in [1.807, 2.05) is 48.3 Å². The standard InChI is InChI=1S/C23H24N4O3/c1-26-19-5-3-2-4-18(19)24-20(26)14-27-11-10-23(22(27)29)9-8-15-12-16(21(28)25-30)6-7-17(15)13-23/h2-7,12,30H,8-11,13-14H2,1H3,(H,25,28). The number of benzene rings is 2. The van der Waals surface area contributed by atoms with E-state index in [4.69, 9.17) is 10.2 Å². The van der Waals surface area contributed by atoms with Crippen LogP contribution in [-0.4, -0.2) is 38.0 Å². The number of hydroxylamine groups is 1. The summed E-state index contributed by atoms with van der Waals surface area (Å²) >= 11 is 0. The molecule has 0 saturated carbocycles. The Morgan fingerprint density at radius 3 is 2.83 bits per heavy atom. The fraction of sp³-hybridized carbons (Fsp3) is 0.348. The topological polar surface area (TPSA) is 87.5 Å². The van der Waals surface area contributed by atoms with Crippen molar-refractivity contribution in [3.05, 3.63) is 65.0 Å². The third-order valence-corrected chi connectivity index (χ3v) is 6.78. The molecule has 1 aliphatic carbocycles. The largest absolute Gasteiger partial charge is 0.335 e. The number of amides is 2. The molecule has 5 rings (SSSR count). The van der Waals surface area contributed by atoms with Crippen molar-refractivity contribution in [2.45, 2.75) is 32.2 Å². The number of likely N-dealkylation sites (tertiary alicyclic amines) is 1. The van der Waals surface area contributed by atoms with Gasteiger partial charge in [-0.15, -0.1) is 0 Å². The van der Waals surface area contributed by atoms with E-state index in [1.54, 1.807) is 11.5 Å². The Bertz CT molecular complexity index is 1170. The van der Waals surface area contributed by atoms with Gasteiger partial charge in [-0.1, -0.05) is 18.2 Å². The van der Waals surface area contributed by atoms with Crippen LogP contribution in [-0.2, 0) is 31.2 Å². The van der Waals surface area contributed by atoms with Gasteiger partial charge in [0.1, 0.15) is 5.82 Å². The van der Waals surface area contributed by atoms with Gasteiger partial charge in [-0.25, -0.2) is 10.5 Å². The molecule has 1 spiro atoms. The highest BCUT2D eigenvalue weighted by atomic mass is 16.5. The summed E-state index contributed by atoms with van der Waals surface area (Å²) in [6.45, 7) is 1.26. The molecule has 1 atom stereocenters. The van der Waals surface area contributed by atoms with E-state index < -0.39 is 5.91 Å². The summed E-state index contributed by atoms with van der Waals surface area (Å²) in [6, 6.07) is 13.5. The van der Waals surface area contributed by atoms with E-state index in [-0.39, 0.29) is 11.3 Å². The molecule has 1 saturated heterocycles. The first-order valence-electron chi connectivity index (χ1n) is 10.3. The highest BCUT2D eigenvalue weighted by Crippen LogP contribution is 2.44. The van der Waals surface area contributed by atoms with E-state index in [0.717, 1.165) is 53.8 Å². The van der Waals surface area contributed by atoms with Crippen LogP contribution in [0.25, 0.3) is 11.0 Å². The van der Waals surface area contributed by atoms with Crippen molar-refractivity contribution in [3.63, 3.8) is 0 Å². The van der Waals surface area contributed by atoms with Crippen LogP contribution >= 0.6 is 0 Å². The van der Waals surface area contributed by atoms with E-state index in [9.17, 15) is 9.59 Å². The maximum absolute atomic E-state index is 13.4. The Morgan fingerprint density at radius 1 is 1.20 bits per heavy atom. The van der Waals surface area contributed by atoms with Gasteiger partial charge in [-0.3, -0.25) is 14.8 Å². The Balaban J connectivity index is 1.37. The molecule has 0 radical (unpaired) electrons. The van der Waals surface area contributed by atoms with Crippen molar-refractivity contribution in [1.29, 1.82) is 0 Å². The molecule has 2 N–H and O–H groups in total. The number of nitrogens with one attached hydrogen (secondary N) is 1. The van der Waals surface area contributed by atoms with Gasteiger partial charge < -0.3 is 9.47 Å². The summed E-state index contributed by atoms with van der Waals surface area (Å²) in [4.78, 5) is 31.8. The lowest BCUT2D eigenvalue weighted by Crippen LogP contribution is -2.38. The van der Waals surface area contributed by atoms with Crippen LogP contribution in [0.1, 0.15) is 40.2 Å². The van der Waals surface area contributed by atoms with Crippen molar-refractivity contribution in [2.24, 2.45) is 12.5 Å². The zero-order valence-electron chi connectivity index (χ0n) is 16.9. The smallest absolute Gasteiger partial charge is 0.274 e. The quantitative estimate of drug-likeness (QED) is 0.519. The highest BCUT2D eigenvalue weighted by Gasteiger charge is 2.48. The summed E-state index contributed by atoms with van der Waals surface area (Å²) < 4.78 is 2.07. The van der Waals surface area contributed by atoms with Gasteiger partial charge >= 0.3 is 0 Å². The molecule has 2 aliphatic rings. The minimum atomic E-state index is -0.511. The first-order valence-corrected chi connectivity index (χ1v) is 10.3. The Kier molecular flexibility index (Phi) is 4.36. The molecule has 1 aliphatic heterocycles. The summed E-state index contributed by atoms with van der Waals surface area (Å²) in [5, 5.41) is 8.85. The van der Waals surface area contributed by atoms with Gasteiger partial charge in [0, 0.05) is 19.2 Å². The zero-order chi connectivity index (χ0) is 20.9. The number of imidazole rings is 1. The van der Waals surface area contributed by atoms with Crippen LogP contribution < -0.4 is 5.48 Å². The van der Waals surface area contributed by atoms with Crippen LogP contribution in [0.2, 0.25) is 0 Å². The minimum absolute atomic E-state index is 0.206. The van der Waals surface area contributed by atoms with Crippen LogP contribution in [0.4, 0.5) is 0 Å². The SMILES string of the molecule is Cn1c(CN2CCC3(CCc4cc(C(=O)NO)ccc4C3)C2=O)nc2ccccc21. The first-order chi connectivity index (χ1) is 14.5. The molecule has 3 aromatic rings. The van der Waals surface area contributed by atoms with E-state index >= 15 is 0 Å². The second-order valence-corrected chi connectivity index (χ2v) is 8.43. The predicted octanol–water partition coefficient (Wildman–Crippen LogP) is 2.60. The number of carbonyl (C=O) groups is 2. The van der Waals surface area contributed by atoms with Crippen LogP contribution in [0.5, 0.6) is 0 Å². The average Bonchev–Trinajstić information content (AvgIpc) is 3.25. The van der Waals surface area contributed by atoms with E-state index in [1.165, 1.54) is 0 Å². The second kappa shape index (κ2) is 6.95. The highest BCUT2D eigenvalue weighted by molar-refractivity contribution is 5.93. The van der Waals surface area contributed by atoms with Crippen LogP contribution in [0, 0.1) is 5.41 Å². The number of rotatable bonds is 3. The van der Waals surface area contributed by atoms with Crippen molar-refractivity contribution >= 4 is 22.8 Å². The molecule has 2 heterocycles. The van der Waals surface area contributed by atoms with Crippen LogP contribution in [0.3, 0.4) is 0 Å². The molecule has 154 valence electrons. The number of nitrogens with zero attached hydrogens (tertiary/aromatic N) is 3. The molecule has 2 aromatic carbocycles. The van der Waals surface area contributed by atoms with Crippen molar-refractivity contribution in [3.8, 4) is 0 Å². The van der Waals surface area contributed by atoms with Crippen molar-refractivity contribution in [2.75, 3.05) is 6.54 Å². The lowest BCUT2D eigenvalue weighted by molar-refractivity contribution is -0.137. The molecular formula is C23H24N4O3. The third-order valence-electron chi connectivity index (χ3n) is 6.78. The Labute approximate surface area is 174 Å². The molecule has 1 unspecified atom stereocenters. The summed E-state index contributed by atoms with van der Waals surface area (Å²) in [6.07, 6.45) is 3.07. The number of aromatic nitrogens is 2. The van der Waals surface area contributed by atoms with Gasteiger partial charge in [0.15, 0.2) is 0 Å². The fourth-order valence-electron chi connectivity index (χ4n) is 5.01. The van der Waals surface area contributed by atoms with E-state index in [2.05, 4.69) is 4.57 Å². The van der Waals surface area contributed by atoms with Gasteiger partial charge in [-0.05, 0) is 61.1 Å².